The third kappa shape index (κ3) is 4.26. The van der Waals surface area contributed by atoms with E-state index in [1.165, 1.54) is 38.6 Å². The summed E-state index contributed by atoms with van der Waals surface area (Å²) in [6.07, 6.45) is 6.76. The summed E-state index contributed by atoms with van der Waals surface area (Å²) < 4.78 is 0. The first-order valence-electron chi connectivity index (χ1n) is 7.47. The number of nitrogens with one attached hydrogen (secondary N) is 1. The highest BCUT2D eigenvalue weighted by Gasteiger charge is 2.32. The quantitative estimate of drug-likeness (QED) is 0.767. The van der Waals surface area contributed by atoms with E-state index in [1.807, 2.05) is 0 Å². The van der Waals surface area contributed by atoms with Crippen molar-refractivity contribution in [1.29, 1.82) is 0 Å². The molecule has 1 rings (SSSR count). The standard InChI is InChI=1S/C15H32N2/c1-6-7-10-17(5)15-11-13(12(2)3)8-9-14(15)16-4/h12-16H,6-11H2,1-5H3. The second-order valence-electron chi connectivity index (χ2n) is 6.11. The van der Waals surface area contributed by atoms with E-state index < -0.39 is 0 Å². The zero-order chi connectivity index (χ0) is 12.8. The highest BCUT2D eigenvalue weighted by Crippen LogP contribution is 2.32. The fourth-order valence-corrected chi connectivity index (χ4v) is 3.18. The lowest BCUT2D eigenvalue weighted by Crippen LogP contribution is -2.51. The average Bonchev–Trinajstić information content (AvgIpc) is 2.34. The van der Waals surface area contributed by atoms with Gasteiger partial charge in [-0.3, -0.25) is 0 Å². The van der Waals surface area contributed by atoms with Crippen molar-refractivity contribution < 1.29 is 0 Å². The van der Waals surface area contributed by atoms with Gasteiger partial charge in [0.1, 0.15) is 0 Å². The minimum absolute atomic E-state index is 0.701. The Morgan fingerprint density at radius 2 is 2.00 bits per heavy atom. The molecule has 0 aromatic heterocycles. The molecule has 0 radical (unpaired) electrons. The van der Waals surface area contributed by atoms with Gasteiger partial charge >= 0.3 is 0 Å². The van der Waals surface area contributed by atoms with Gasteiger partial charge in [0.25, 0.3) is 0 Å². The summed E-state index contributed by atoms with van der Waals surface area (Å²) in [4.78, 5) is 2.60. The van der Waals surface area contributed by atoms with Crippen molar-refractivity contribution in [2.45, 2.75) is 65.0 Å². The van der Waals surface area contributed by atoms with E-state index in [4.69, 9.17) is 0 Å². The van der Waals surface area contributed by atoms with E-state index in [-0.39, 0.29) is 0 Å². The Kier molecular flexibility index (Phi) is 6.50. The summed E-state index contributed by atoms with van der Waals surface area (Å²) in [5.41, 5.74) is 0. The van der Waals surface area contributed by atoms with E-state index in [0.717, 1.165) is 17.9 Å². The van der Waals surface area contributed by atoms with Gasteiger partial charge in [-0.2, -0.15) is 0 Å². The van der Waals surface area contributed by atoms with Gasteiger partial charge in [-0.15, -0.1) is 0 Å². The zero-order valence-corrected chi connectivity index (χ0v) is 12.5. The molecule has 1 N–H and O–H groups in total. The predicted molar refractivity (Wildman–Crippen MR) is 76.4 cm³/mol. The van der Waals surface area contributed by atoms with Crippen LogP contribution in [-0.2, 0) is 0 Å². The molecule has 0 spiro atoms. The molecule has 0 saturated heterocycles. The third-order valence-electron chi connectivity index (χ3n) is 4.60. The Balaban J connectivity index is 2.55. The Labute approximate surface area is 108 Å². The number of likely N-dealkylation sites (N-methyl/N-ethyl adjacent to an activating group) is 2. The van der Waals surface area contributed by atoms with Crippen LogP contribution in [0, 0.1) is 11.8 Å². The van der Waals surface area contributed by atoms with Crippen molar-refractivity contribution in [3.8, 4) is 0 Å². The van der Waals surface area contributed by atoms with Crippen molar-refractivity contribution >= 4 is 0 Å². The fraction of sp³-hybridized carbons (Fsp3) is 1.00. The lowest BCUT2D eigenvalue weighted by Gasteiger charge is -2.42. The molecule has 1 saturated carbocycles. The normalized spacial score (nSPS) is 30.2. The van der Waals surface area contributed by atoms with E-state index in [2.05, 4.69) is 45.1 Å². The van der Waals surface area contributed by atoms with Gasteiger partial charge in [-0.1, -0.05) is 27.2 Å². The number of hydrogen-bond acceptors (Lipinski definition) is 2. The Hall–Kier alpha value is -0.0800. The first-order valence-corrected chi connectivity index (χ1v) is 7.47. The first-order chi connectivity index (χ1) is 8.10. The highest BCUT2D eigenvalue weighted by molar-refractivity contribution is 4.90. The largest absolute Gasteiger partial charge is 0.315 e. The molecule has 3 atom stereocenters. The molecular weight excluding hydrogens is 208 g/mol. The summed E-state index contributed by atoms with van der Waals surface area (Å²) in [6, 6.07) is 1.44. The molecule has 2 nitrogen and oxygen atoms in total. The van der Waals surface area contributed by atoms with Gasteiger partial charge in [-0.05, 0) is 58.2 Å². The van der Waals surface area contributed by atoms with Gasteiger partial charge in [-0.25, -0.2) is 0 Å². The number of unbranched alkanes of at least 4 members (excludes halogenated alkanes) is 1. The van der Waals surface area contributed by atoms with E-state index in [9.17, 15) is 0 Å². The van der Waals surface area contributed by atoms with E-state index in [1.54, 1.807) is 0 Å². The summed E-state index contributed by atoms with van der Waals surface area (Å²) in [6.45, 7) is 8.30. The lowest BCUT2D eigenvalue weighted by molar-refractivity contribution is 0.105. The zero-order valence-electron chi connectivity index (χ0n) is 12.5. The van der Waals surface area contributed by atoms with Gasteiger partial charge in [0.05, 0.1) is 0 Å². The molecule has 1 aliphatic carbocycles. The van der Waals surface area contributed by atoms with Gasteiger partial charge in [0.2, 0.25) is 0 Å². The second kappa shape index (κ2) is 7.38. The molecule has 2 heteroatoms. The molecule has 17 heavy (non-hydrogen) atoms. The molecule has 0 bridgehead atoms. The minimum Gasteiger partial charge on any atom is -0.315 e. The first kappa shape index (κ1) is 15.0. The van der Waals surface area contributed by atoms with Crippen molar-refractivity contribution in [3.05, 3.63) is 0 Å². The fourth-order valence-electron chi connectivity index (χ4n) is 3.18. The second-order valence-corrected chi connectivity index (χ2v) is 6.11. The van der Waals surface area contributed by atoms with Gasteiger partial charge < -0.3 is 10.2 Å². The molecule has 1 aliphatic rings. The predicted octanol–water partition coefficient (Wildman–Crippen LogP) is 3.13. The van der Waals surface area contributed by atoms with Crippen molar-refractivity contribution in [3.63, 3.8) is 0 Å². The SMILES string of the molecule is CCCCN(C)C1CC(C(C)C)CCC1NC. The molecule has 0 aromatic rings. The topological polar surface area (TPSA) is 15.3 Å². The van der Waals surface area contributed by atoms with Crippen LogP contribution in [0.15, 0.2) is 0 Å². The minimum atomic E-state index is 0.701. The smallest absolute Gasteiger partial charge is 0.0248 e. The summed E-state index contributed by atoms with van der Waals surface area (Å²) in [5.74, 6) is 1.77. The van der Waals surface area contributed by atoms with Crippen LogP contribution in [0.1, 0.15) is 52.9 Å². The maximum Gasteiger partial charge on any atom is 0.0248 e. The summed E-state index contributed by atoms with van der Waals surface area (Å²) in [5, 5.41) is 3.53. The van der Waals surface area contributed by atoms with E-state index >= 15 is 0 Å². The maximum absolute atomic E-state index is 3.53. The molecule has 0 heterocycles. The van der Waals surface area contributed by atoms with Crippen LogP contribution in [0.2, 0.25) is 0 Å². The van der Waals surface area contributed by atoms with Crippen LogP contribution in [0.4, 0.5) is 0 Å². The average molecular weight is 240 g/mol. The van der Waals surface area contributed by atoms with Crippen LogP contribution in [0.25, 0.3) is 0 Å². The summed E-state index contributed by atoms with van der Waals surface area (Å²) >= 11 is 0. The van der Waals surface area contributed by atoms with Crippen LogP contribution >= 0.6 is 0 Å². The highest BCUT2D eigenvalue weighted by atomic mass is 15.2. The number of nitrogens with zero attached hydrogens (tertiary/aromatic N) is 1. The molecule has 1 fully saturated rings. The van der Waals surface area contributed by atoms with Crippen molar-refractivity contribution in [1.82, 2.24) is 10.2 Å². The van der Waals surface area contributed by atoms with Crippen LogP contribution in [0.3, 0.4) is 0 Å². The van der Waals surface area contributed by atoms with Crippen LogP contribution in [-0.4, -0.2) is 37.6 Å². The Bertz CT molecular complexity index is 203. The van der Waals surface area contributed by atoms with Crippen LogP contribution < -0.4 is 5.32 Å². The monoisotopic (exact) mass is 240 g/mol. The molecule has 102 valence electrons. The molecule has 0 aromatic carbocycles. The van der Waals surface area contributed by atoms with Gasteiger partial charge in [0, 0.05) is 12.1 Å². The summed E-state index contributed by atoms with van der Waals surface area (Å²) in [7, 11) is 4.44. The number of hydrogen-bond donors (Lipinski definition) is 1. The lowest BCUT2D eigenvalue weighted by atomic mass is 9.76. The Morgan fingerprint density at radius 1 is 1.29 bits per heavy atom. The number of rotatable bonds is 6. The molecule has 0 amide bonds. The molecule has 0 aliphatic heterocycles. The van der Waals surface area contributed by atoms with Gasteiger partial charge in [0.15, 0.2) is 0 Å². The van der Waals surface area contributed by atoms with Crippen molar-refractivity contribution in [2.24, 2.45) is 11.8 Å². The van der Waals surface area contributed by atoms with E-state index in [0.29, 0.717) is 6.04 Å². The molecule has 3 unspecified atom stereocenters. The van der Waals surface area contributed by atoms with Crippen LogP contribution in [0.5, 0.6) is 0 Å². The Morgan fingerprint density at radius 3 is 2.53 bits per heavy atom. The third-order valence-corrected chi connectivity index (χ3v) is 4.60. The van der Waals surface area contributed by atoms with Crippen molar-refractivity contribution in [2.75, 3.05) is 20.6 Å². The maximum atomic E-state index is 3.53. The molecular formula is C15H32N2.